The number of aromatic nitrogens is 12. The SMILES string of the molecule is C1COCCN1.CCCCOc1nc(N)c2c(n1)c(C#CCCCCl)cn2COCC[Si](C)(C)C.CCCCOc1nc(N)c2c(n1)c(CCCCCCl)c(C#N)n2COCC[Si](C)(C)C.CCCCOc1nc(N)c2c(n1)c(CCCCCN1CCOCC1)c(C#N)n2COCC[Si](C)(C)C.CCCCOc1nc(N)c2c(n1)c(CCCCCN1CCOCC1)c(C#N)n2COCC[Si](C)(C)C.CCO. The van der Waals surface area contributed by atoms with Crippen LogP contribution in [0.4, 0.5) is 23.3 Å². The van der Waals surface area contributed by atoms with Crippen LogP contribution in [0.5, 0.6) is 24.0 Å². The minimum absolute atomic E-state index is 0.250. The first kappa shape index (κ1) is 122. The number of rotatable bonds is 55. The molecule has 34 nitrogen and oxygen atoms in total. The topological polar surface area (TPSA) is 439 Å². The van der Waals surface area contributed by atoms with Gasteiger partial charge in [0.15, 0.2) is 23.3 Å². The summed E-state index contributed by atoms with van der Waals surface area (Å²) in [6.07, 6.45) is 22.8. The number of ether oxygens (including phenoxy) is 11. The van der Waals surface area contributed by atoms with E-state index in [0.717, 1.165) is 292 Å². The average molecular weight is 2070 g/mol. The quantitative estimate of drug-likeness (QED) is 0.00892. The molecular weight excluding hydrogens is 1900 g/mol. The van der Waals surface area contributed by atoms with E-state index >= 15 is 0 Å². The smallest absolute Gasteiger partial charge is 0.319 e. The summed E-state index contributed by atoms with van der Waals surface area (Å²) in [4.78, 5) is 41.1. The Morgan fingerprint density at radius 1 is 0.390 bits per heavy atom. The Labute approximate surface area is 855 Å². The van der Waals surface area contributed by atoms with Crippen LogP contribution in [0, 0.1) is 45.8 Å². The third-order valence-electron chi connectivity index (χ3n) is 23.4. The standard InChI is InChI=1S/2C26H44N6O3Si.C22H36ClN5O2Si.C21H33ClN4O2Si.C4H9NO.C2H6O/c2*1-5-6-14-35-26-29-23-21(10-8-7-9-11-31-12-15-33-16-13-31)22(19-27)32(24(23)25(28)30-26)20-34-17-18-36(2,3)4;1-5-6-12-30-22-26-19-17(10-8-7-9-11-23)18(15-24)28(20(19)21(25)27-22)16-29-13-14-31(2,3)4;1-5-6-12-28-21-24-18-17(10-8-7-9-11-22)15-26(19(18)20(23)25-21)16-27-13-14-29(2,3)4;1-3-6-4-2-5-1;1-2-3/h2*5-18,20H2,1-4H3,(H2,28,29,30);5-14,16H2,1-4H3,(H2,25,26,27);15H,5-7,9,11-14,16H2,1-4H3,(H2,23,24,25);5H,1-4H2;3H,2H2,1H3. The summed E-state index contributed by atoms with van der Waals surface area (Å²) in [5, 5.41) is 41.0. The van der Waals surface area contributed by atoms with E-state index < -0.39 is 32.3 Å². The van der Waals surface area contributed by atoms with Crippen LogP contribution in [-0.2, 0) is 79.3 Å². The summed E-state index contributed by atoms with van der Waals surface area (Å²) in [6.45, 7) is 57.7. The molecule has 11 heterocycles. The van der Waals surface area contributed by atoms with E-state index in [2.05, 4.69) is 181 Å². The van der Waals surface area contributed by atoms with Gasteiger partial charge in [-0.1, -0.05) is 163 Å². The van der Waals surface area contributed by atoms with Crippen LogP contribution < -0.4 is 47.2 Å². The number of nitriles is 3. The van der Waals surface area contributed by atoms with Crippen LogP contribution in [0.1, 0.15) is 196 Å². The van der Waals surface area contributed by atoms with Gasteiger partial charge in [-0.05, 0) is 134 Å². The lowest BCUT2D eigenvalue weighted by atomic mass is 10.1. The van der Waals surface area contributed by atoms with Gasteiger partial charge in [0.1, 0.15) is 106 Å². The van der Waals surface area contributed by atoms with Crippen LogP contribution in [-0.4, -0.2) is 269 Å². The maximum Gasteiger partial charge on any atom is 0.319 e. The van der Waals surface area contributed by atoms with Crippen molar-refractivity contribution in [2.75, 3.05) is 186 Å². The zero-order valence-corrected chi connectivity index (χ0v) is 94.1. The van der Waals surface area contributed by atoms with Gasteiger partial charge in [-0.25, -0.2) is 0 Å². The van der Waals surface area contributed by atoms with Gasteiger partial charge in [-0.2, -0.15) is 55.7 Å². The highest BCUT2D eigenvalue weighted by molar-refractivity contribution is 6.77. The largest absolute Gasteiger partial charge is 0.463 e. The zero-order valence-electron chi connectivity index (χ0n) is 88.6. The number of halogens is 2. The molecule has 141 heavy (non-hydrogen) atoms. The van der Waals surface area contributed by atoms with Crippen molar-refractivity contribution in [3.63, 3.8) is 0 Å². The van der Waals surface area contributed by atoms with Crippen LogP contribution >= 0.6 is 23.2 Å². The van der Waals surface area contributed by atoms with Gasteiger partial charge in [0, 0.05) is 146 Å². The van der Waals surface area contributed by atoms with E-state index in [1.807, 2.05) is 24.5 Å². The van der Waals surface area contributed by atoms with Crippen LogP contribution in [0.2, 0.25) is 103 Å². The van der Waals surface area contributed by atoms with Crippen molar-refractivity contribution < 1.29 is 57.2 Å². The zero-order chi connectivity index (χ0) is 103. The van der Waals surface area contributed by atoms with Gasteiger partial charge in [0.05, 0.1) is 71.6 Å². The fourth-order valence-corrected chi connectivity index (χ4v) is 18.5. The minimum Gasteiger partial charge on any atom is -0.463 e. The number of aliphatic hydroxyl groups is 1. The molecule has 788 valence electrons. The van der Waals surface area contributed by atoms with Gasteiger partial charge in [-0.3, -0.25) is 9.80 Å². The third kappa shape index (κ3) is 44.4. The van der Waals surface area contributed by atoms with Crippen LogP contribution in [0.25, 0.3) is 44.1 Å². The minimum atomic E-state index is -1.21. The molecule has 0 aromatic carbocycles. The van der Waals surface area contributed by atoms with Gasteiger partial charge in [0.25, 0.3) is 0 Å². The van der Waals surface area contributed by atoms with Crippen LogP contribution in [0.3, 0.4) is 0 Å². The van der Waals surface area contributed by atoms with Crippen molar-refractivity contribution in [2.45, 2.75) is 306 Å². The number of hydrogen-bond acceptors (Lipinski definition) is 30. The number of nitrogens with zero attached hydrogens (tertiary/aromatic N) is 17. The Kier molecular flexibility index (Phi) is 57.6. The predicted molar refractivity (Wildman–Crippen MR) is 581 cm³/mol. The molecule has 0 spiro atoms. The second-order valence-corrected chi connectivity index (χ2v) is 63.7. The number of nitrogen functional groups attached to an aromatic ring is 4. The molecule has 0 unspecified atom stereocenters. The number of alkyl halides is 2. The van der Waals surface area contributed by atoms with E-state index in [0.29, 0.717) is 150 Å². The van der Waals surface area contributed by atoms with Crippen molar-refractivity contribution in [2.24, 2.45) is 0 Å². The van der Waals surface area contributed by atoms with Crippen molar-refractivity contribution >= 4 is 123 Å². The number of nitrogens with two attached hydrogens (primary N) is 4. The number of hydrogen-bond donors (Lipinski definition) is 6. The van der Waals surface area contributed by atoms with E-state index in [-0.39, 0.29) is 44.8 Å². The summed E-state index contributed by atoms with van der Waals surface area (Å²) < 4.78 is 70.2. The summed E-state index contributed by atoms with van der Waals surface area (Å²) in [5.74, 6) is 8.96. The Bertz CT molecular complexity index is 4950. The molecule has 0 saturated carbocycles. The van der Waals surface area contributed by atoms with E-state index in [9.17, 15) is 15.8 Å². The lowest BCUT2D eigenvalue weighted by Crippen LogP contribution is -2.36. The second-order valence-electron chi connectivity index (χ2n) is 40.5. The van der Waals surface area contributed by atoms with Gasteiger partial charge < -0.3 is 104 Å². The number of unbranched alkanes of at least 4 members (excludes halogenated alkanes) is 11. The number of aliphatic hydroxyl groups excluding tert-OH is 1. The highest BCUT2D eigenvalue weighted by atomic mass is 35.5. The summed E-state index contributed by atoms with van der Waals surface area (Å²) >= 11 is 11.6. The molecule has 0 amide bonds. The molecule has 3 fully saturated rings. The van der Waals surface area contributed by atoms with Crippen molar-refractivity contribution in [1.82, 2.24) is 73.3 Å². The first-order chi connectivity index (χ1) is 67.8. The van der Waals surface area contributed by atoms with E-state index in [1.54, 1.807) is 6.92 Å². The monoisotopic (exact) mass is 2070 g/mol. The molecule has 3 saturated heterocycles. The molecular formula is C101H172Cl2N22O12Si4. The molecule has 8 aromatic rings. The maximum atomic E-state index is 10.1. The molecule has 0 radical (unpaired) electrons. The maximum absolute atomic E-state index is 10.1. The van der Waals surface area contributed by atoms with Gasteiger partial charge in [0.2, 0.25) is 0 Å². The lowest BCUT2D eigenvalue weighted by Gasteiger charge is -2.26. The Hall–Kier alpha value is -8.08. The predicted octanol–water partition coefficient (Wildman–Crippen LogP) is 18.7. The lowest BCUT2D eigenvalue weighted by molar-refractivity contribution is 0.0371. The number of nitrogens with one attached hydrogen (secondary N) is 1. The number of aryl methyl sites for hydroxylation is 3. The third-order valence-corrected chi connectivity index (χ3v) is 30.8. The fourth-order valence-electron chi connectivity index (χ4n) is 15.1. The van der Waals surface area contributed by atoms with Crippen molar-refractivity contribution in [3.05, 3.63) is 45.5 Å². The highest BCUT2D eigenvalue weighted by Gasteiger charge is 2.29. The van der Waals surface area contributed by atoms with Crippen molar-refractivity contribution in [3.8, 4) is 54.1 Å². The summed E-state index contributed by atoms with van der Waals surface area (Å²) in [5.41, 5.74) is 36.2. The number of anilines is 4. The molecule has 0 atom stereocenters. The highest BCUT2D eigenvalue weighted by Crippen LogP contribution is 2.36. The second kappa shape index (κ2) is 66.8. The van der Waals surface area contributed by atoms with Gasteiger partial charge in [-0.15, -0.1) is 23.2 Å². The molecule has 3 aliphatic rings. The molecule has 40 heteroatoms. The molecule has 10 N–H and O–H groups in total. The first-order valence-electron chi connectivity index (χ1n) is 51.6. The average Bonchev–Trinajstić information content (AvgIpc) is 1.61. The van der Waals surface area contributed by atoms with E-state index in [1.165, 1.54) is 0 Å². The Morgan fingerprint density at radius 2 is 0.695 bits per heavy atom. The molecule has 8 aromatic heterocycles. The Morgan fingerprint density at radius 3 is 0.986 bits per heavy atom. The van der Waals surface area contributed by atoms with Crippen LogP contribution in [0.15, 0.2) is 6.20 Å². The number of fused-ring (bicyclic) bond motifs is 4. The van der Waals surface area contributed by atoms with E-state index in [4.69, 9.17) is 113 Å². The van der Waals surface area contributed by atoms with Gasteiger partial charge >= 0.3 is 24.0 Å². The normalized spacial score (nSPS) is 13.7. The van der Waals surface area contributed by atoms with Crippen molar-refractivity contribution in [1.29, 1.82) is 15.8 Å². The first-order valence-corrected chi connectivity index (χ1v) is 67.5. The number of morpholine rings is 3. The molecule has 3 aliphatic heterocycles. The Balaban J connectivity index is 0.000000280. The molecule has 11 rings (SSSR count). The summed E-state index contributed by atoms with van der Waals surface area (Å²) in [6, 6.07) is 12.6. The summed E-state index contributed by atoms with van der Waals surface area (Å²) in [7, 11) is -4.77. The molecule has 0 aliphatic carbocycles. The molecule has 0 bridgehead atoms. The fraction of sp³-hybridized carbons (Fsp3) is 0.713.